The van der Waals surface area contributed by atoms with Crippen LogP contribution < -0.4 is 15.4 Å². The molecule has 2 aliphatic heterocycles. The largest absolute Gasteiger partial charge is 0.477 e. The molecule has 3 aromatic carbocycles. The average molecular weight is 646 g/mol. The van der Waals surface area contributed by atoms with Crippen molar-refractivity contribution in [2.24, 2.45) is 0 Å². The molecule has 14 heteroatoms. The van der Waals surface area contributed by atoms with E-state index in [0.717, 1.165) is 16.3 Å². The summed E-state index contributed by atoms with van der Waals surface area (Å²) in [6, 6.07) is 25.5. The molecule has 5 atom stereocenters. The molecule has 3 aromatic heterocycles. The number of aromatic nitrogens is 5. The Hall–Kier alpha value is -5.96. The number of benzene rings is 3. The van der Waals surface area contributed by atoms with Gasteiger partial charge in [0, 0.05) is 17.4 Å². The third-order valence-corrected chi connectivity index (χ3v) is 8.18. The van der Waals surface area contributed by atoms with Crippen molar-refractivity contribution in [3.8, 4) is 5.88 Å². The highest BCUT2D eigenvalue weighted by Crippen LogP contribution is 2.45. The first kappa shape index (κ1) is 29.4. The fourth-order valence-electron chi connectivity index (χ4n) is 5.96. The van der Waals surface area contributed by atoms with Gasteiger partial charge in [-0.3, -0.25) is 9.88 Å². The monoisotopic (exact) mass is 645 g/mol. The summed E-state index contributed by atoms with van der Waals surface area (Å²) in [5.41, 5.74) is 2.10. The van der Waals surface area contributed by atoms with Gasteiger partial charge in [0.25, 0.3) is 0 Å². The average Bonchev–Trinajstić information content (AvgIpc) is 3.82. The number of hydrogen-bond acceptors (Lipinski definition) is 10. The standard InChI is InChI=1S/C34H27N7O7/c42-32(43)23-11-6-14-35-30(23)45-16-24-26-27(48-33(47-26)21-13-12-19-7-4-5-8-20(19)15-21)31(46-24)41-18-38-25-28(36-17-37-29(25)41)40-34(44)39-22-9-2-1-3-10-22/h1-15,17-18,24,26-27,31,33H,16H2,(H,42,43)(H2,36,37,39,40,44)/t24?,26?,27?,31-,33?/m1/s1. The van der Waals surface area contributed by atoms with Gasteiger partial charge in [0.2, 0.25) is 5.88 Å². The fourth-order valence-corrected chi connectivity index (χ4v) is 5.96. The van der Waals surface area contributed by atoms with Crippen molar-refractivity contribution in [1.29, 1.82) is 0 Å². The van der Waals surface area contributed by atoms with Gasteiger partial charge < -0.3 is 29.4 Å². The summed E-state index contributed by atoms with van der Waals surface area (Å²) in [5.74, 6) is -0.996. The lowest BCUT2D eigenvalue weighted by atomic mass is 10.1. The number of nitrogens with one attached hydrogen (secondary N) is 2. The van der Waals surface area contributed by atoms with Gasteiger partial charge in [0.1, 0.15) is 36.8 Å². The molecule has 3 N–H and O–H groups in total. The first-order valence-electron chi connectivity index (χ1n) is 15.1. The number of carbonyl (C=O) groups is 2. The van der Waals surface area contributed by atoms with E-state index in [1.807, 2.05) is 60.7 Å². The second kappa shape index (κ2) is 12.3. The van der Waals surface area contributed by atoms with E-state index in [1.54, 1.807) is 23.0 Å². The van der Waals surface area contributed by atoms with E-state index in [-0.39, 0.29) is 23.9 Å². The number of para-hydroxylation sites is 1. The molecule has 4 unspecified atom stereocenters. The van der Waals surface area contributed by atoms with E-state index >= 15 is 0 Å². The molecular weight excluding hydrogens is 618 g/mol. The lowest BCUT2D eigenvalue weighted by molar-refractivity contribution is -0.152. The van der Waals surface area contributed by atoms with Gasteiger partial charge in [-0.15, -0.1) is 0 Å². The Labute approximate surface area is 272 Å². The van der Waals surface area contributed by atoms with E-state index < -0.39 is 42.8 Å². The summed E-state index contributed by atoms with van der Waals surface area (Å²) in [4.78, 5) is 41.8. The van der Waals surface area contributed by atoms with Crippen molar-refractivity contribution >= 4 is 45.4 Å². The molecule has 8 rings (SSSR count). The number of carbonyl (C=O) groups excluding carboxylic acids is 1. The number of imidazole rings is 1. The first-order valence-corrected chi connectivity index (χ1v) is 15.1. The van der Waals surface area contributed by atoms with Gasteiger partial charge in [0.05, 0.1) is 6.33 Å². The zero-order chi connectivity index (χ0) is 32.6. The third-order valence-electron chi connectivity index (χ3n) is 8.18. The van der Waals surface area contributed by atoms with Crippen LogP contribution in [-0.4, -0.2) is 66.5 Å². The van der Waals surface area contributed by atoms with Crippen molar-refractivity contribution in [3.63, 3.8) is 0 Å². The third kappa shape index (κ3) is 5.53. The SMILES string of the molecule is O=C(Nc1ccccc1)Nc1ncnc2c1ncn2[C@@H]1OC(COc2ncccc2C(=O)O)C2OC(c3ccc4ccccc4c3)OC21. The molecular formula is C34H27N7O7. The summed E-state index contributed by atoms with van der Waals surface area (Å²) in [7, 11) is 0. The highest BCUT2D eigenvalue weighted by atomic mass is 16.8. The van der Waals surface area contributed by atoms with Crippen molar-refractivity contribution in [2.45, 2.75) is 30.8 Å². The van der Waals surface area contributed by atoms with Crippen molar-refractivity contribution in [3.05, 3.63) is 115 Å². The van der Waals surface area contributed by atoms with E-state index in [2.05, 4.69) is 30.6 Å². The van der Waals surface area contributed by atoms with Crippen molar-refractivity contribution in [1.82, 2.24) is 24.5 Å². The number of hydrogen-bond donors (Lipinski definition) is 3. The molecule has 0 aliphatic carbocycles. The molecule has 2 amide bonds. The number of urea groups is 1. The first-order chi connectivity index (χ1) is 23.5. The maximum atomic E-state index is 12.8. The predicted molar refractivity (Wildman–Crippen MR) is 171 cm³/mol. The zero-order valence-corrected chi connectivity index (χ0v) is 25.0. The number of ether oxygens (including phenoxy) is 4. The van der Waals surface area contributed by atoms with Gasteiger partial charge in [-0.25, -0.2) is 29.5 Å². The van der Waals surface area contributed by atoms with Gasteiger partial charge in [-0.1, -0.05) is 54.6 Å². The van der Waals surface area contributed by atoms with Gasteiger partial charge in [0.15, 0.2) is 29.5 Å². The molecule has 48 heavy (non-hydrogen) atoms. The van der Waals surface area contributed by atoms with Crippen LogP contribution in [0.25, 0.3) is 21.9 Å². The molecule has 6 aromatic rings. The number of amides is 2. The second-order valence-corrected chi connectivity index (χ2v) is 11.2. The minimum atomic E-state index is -1.16. The summed E-state index contributed by atoms with van der Waals surface area (Å²) >= 11 is 0. The maximum absolute atomic E-state index is 12.8. The van der Waals surface area contributed by atoms with Crippen molar-refractivity contribution in [2.75, 3.05) is 17.2 Å². The minimum Gasteiger partial charge on any atom is -0.477 e. The highest BCUT2D eigenvalue weighted by Gasteiger charge is 2.54. The topological polar surface area (TPSA) is 172 Å². The van der Waals surface area contributed by atoms with E-state index in [0.29, 0.717) is 16.9 Å². The van der Waals surface area contributed by atoms with Crippen LogP contribution in [0, 0.1) is 0 Å². The number of aromatic carboxylic acids is 1. The number of carboxylic acid groups (broad SMARTS) is 1. The zero-order valence-electron chi connectivity index (χ0n) is 25.0. The van der Waals surface area contributed by atoms with Crippen LogP contribution in [0.5, 0.6) is 5.88 Å². The van der Waals surface area contributed by atoms with Gasteiger partial charge >= 0.3 is 12.0 Å². The smallest absolute Gasteiger partial charge is 0.341 e. The molecule has 0 bridgehead atoms. The Kier molecular flexibility index (Phi) is 7.57. The molecule has 0 radical (unpaired) electrons. The molecule has 2 saturated heterocycles. The van der Waals surface area contributed by atoms with Crippen molar-refractivity contribution < 1.29 is 33.6 Å². The number of carboxylic acids is 1. The molecule has 5 heterocycles. The van der Waals surface area contributed by atoms with Crippen LogP contribution in [0.1, 0.15) is 28.4 Å². The Morgan fingerprint density at radius 3 is 2.50 bits per heavy atom. The Morgan fingerprint density at radius 2 is 1.65 bits per heavy atom. The molecule has 2 fully saturated rings. The molecule has 14 nitrogen and oxygen atoms in total. The lowest BCUT2D eigenvalue weighted by Crippen LogP contribution is -2.33. The van der Waals surface area contributed by atoms with Crippen LogP contribution >= 0.6 is 0 Å². The molecule has 2 aliphatic rings. The molecule has 240 valence electrons. The van der Waals surface area contributed by atoms with Gasteiger partial charge in [-0.2, -0.15) is 0 Å². The van der Waals surface area contributed by atoms with E-state index in [4.69, 9.17) is 18.9 Å². The quantitative estimate of drug-likeness (QED) is 0.199. The molecule has 0 spiro atoms. The Bertz CT molecular complexity index is 2140. The summed E-state index contributed by atoms with van der Waals surface area (Å²) in [6.07, 6.45) is 0.885. The van der Waals surface area contributed by atoms with Crippen LogP contribution in [-0.2, 0) is 14.2 Å². The number of pyridine rings is 1. The van der Waals surface area contributed by atoms with Gasteiger partial charge in [-0.05, 0) is 41.1 Å². The van der Waals surface area contributed by atoms with Crippen LogP contribution in [0.3, 0.4) is 0 Å². The number of fused-ring (bicyclic) bond motifs is 3. The molecule has 0 saturated carbocycles. The summed E-state index contributed by atoms with van der Waals surface area (Å²) < 4.78 is 27.1. The summed E-state index contributed by atoms with van der Waals surface area (Å²) in [5, 5.41) is 17.2. The Morgan fingerprint density at radius 1 is 0.833 bits per heavy atom. The minimum absolute atomic E-state index is 0.0380. The number of rotatable bonds is 8. The summed E-state index contributed by atoms with van der Waals surface area (Å²) in [6.45, 7) is -0.0726. The predicted octanol–water partition coefficient (Wildman–Crippen LogP) is 5.18. The van der Waals surface area contributed by atoms with E-state index in [1.165, 1.54) is 24.7 Å². The maximum Gasteiger partial charge on any atom is 0.341 e. The number of anilines is 2. The van der Waals surface area contributed by atoms with Crippen LogP contribution in [0.15, 0.2) is 104 Å². The van der Waals surface area contributed by atoms with E-state index in [9.17, 15) is 14.7 Å². The highest BCUT2D eigenvalue weighted by molar-refractivity contribution is 6.03. The van der Waals surface area contributed by atoms with Crippen LogP contribution in [0.4, 0.5) is 16.3 Å². The normalized spacial score (nSPS) is 21.6. The Balaban J connectivity index is 1.09. The fraction of sp³-hybridized carbons (Fsp3) is 0.176. The van der Waals surface area contributed by atoms with Crippen LogP contribution in [0.2, 0.25) is 0 Å². The number of nitrogens with zero attached hydrogens (tertiary/aromatic N) is 5. The lowest BCUT2D eigenvalue weighted by Gasteiger charge is -2.22. The second-order valence-electron chi connectivity index (χ2n) is 11.2.